The maximum absolute atomic E-state index is 13.7. The van der Waals surface area contributed by atoms with Gasteiger partial charge in [-0.1, -0.05) is 12.1 Å². The minimum atomic E-state index is -0.182. The van der Waals surface area contributed by atoms with E-state index in [0.29, 0.717) is 31.9 Å². The van der Waals surface area contributed by atoms with Crippen LogP contribution in [0.1, 0.15) is 12.8 Å². The van der Waals surface area contributed by atoms with E-state index in [-0.39, 0.29) is 17.0 Å². The van der Waals surface area contributed by atoms with Gasteiger partial charge in [-0.2, -0.15) is 0 Å². The number of rotatable bonds is 2. The predicted octanol–water partition coefficient (Wildman–Crippen LogP) is 2.37. The van der Waals surface area contributed by atoms with Crippen LogP contribution in [0, 0.1) is 5.82 Å². The smallest absolute Gasteiger partial charge is 0.235 e. The molecule has 0 aliphatic carbocycles. The normalized spacial score (nSPS) is 23.1. The summed E-state index contributed by atoms with van der Waals surface area (Å²) in [5, 5.41) is 0.162. The lowest BCUT2D eigenvalue weighted by atomic mass is 10.2. The van der Waals surface area contributed by atoms with Crippen LogP contribution in [0.2, 0.25) is 0 Å². The number of para-hydroxylation sites is 1. The van der Waals surface area contributed by atoms with Gasteiger partial charge in [0.05, 0.1) is 10.9 Å². The summed E-state index contributed by atoms with van der Waals surface area (Å²) in [4.78, 5) is 16.3. The zero-order valence-corrected chi connectivity index (χ0v) is 12.2. The van der Waals surface area contributed by atoms with Crippen molar-refractivity contribution >= 4 is 23.4 Å². The van der Waals surface area contributed by atoms with Crippen molar-refractivity contribution in [3.8, 4) is 0 Å². The quantitative estimate of drug-likeness (QED) is 0.836. The predicted molar refractivity (Wildman–Crippen MR) is 80.7 cm³/mol. The Bertz CT molecular complexity index is 483. The van der Waals surface area contributed by atoms with Crippen LogP contribution in [0.15, 0.2) is 24.3 Å². The van der Waals surface area contributed by atoms with Crippen molar-refractivity contribution in [2.24, 2.45) is 0 Å². The average molecular weight is 294 g/mol. The molecule has 5 heteroatoms. The first-order valence-electron chi connectivity index (χ1n) is 7.15. The first kappa shape index (κ1) is 13.7. The maximum atomic E-state index is 13.7. The molecule has 2 aliphatic rings. The van der Waals surface area contributed by atoms with Crippen LogP contribution in [0.3, 0.4) is 0 Å². The summed E-state index contributed by atoms with van der Waals surface area (Å²) in [6.07, 6.45) is 2.16. The second kappa shape index (κ2) is 6.04. The Morgan fingerprint density at radius 3 is 2.60 bits per heavy atom. The molecule has 2 saturated heterocycles. The molecule has 1 aromatic carbocycles. The molecule has 2 heterocycles. The Balaban J connectivity index is 1.59. The summed E-state index contributed by atoms with van der Waals surface area (Å²) < 4.78 is 13.7. The van der Waals surface area contributed by atoms with Gasteiger partial charge in [-0.25, -0.2) is 4.39 Å². The van der Waals surface area contributed by atoms with Crippen LogP contribution in [0.25, 0.3) is 0 Å². The van der Waals surface area contributed by atoms with E-state index in [9.17, 15) is 9.18 Å². The summed E-state index contributed by atoms with van der Waals surface area (Å²) in [7, 11) is 0. The molecule has 1 amide bonds. The number of thioether (sulfide) groups is 1. The third-order valence-electron chi connectivity index (χ3n) is 3.99. The monoisotopic (exact) mass is 294 g/mol. The third-order valence-corrected chi connectivity index (χ3v) is 5.35. The second-order valence-electron chi connectivity index (χ2n) is 5.27. The molecule has 0 N–H and O–H groups in total. The number of carbonyl (C=O) groups excluding carboxylic acids is 1. The summed E-state index contributed by atoms with van der Waals surface area (Å²) >= 11 is 1.78. The average Bonchev–Trinajstić information content (AvgIpc) is 3.01. The Morgan fingerprint density at radius 1 is 1.20 bits per heavy atom. The number of halogens is 1. The lowest BCUT2D eigenvalue weighted by Crippen LogP contribution is -2.51. The number of hydrogen-bond donors (Lipinski definition) is 0. The molecule has 1 atom stereocenters. The van der Waals surface area contributed by atoms with Crippen LogP contribution < -0.4 is 4.90 Å². The van der Waals surface area contributed by atoms with Crippen LogP contribution >= 0.6 is 11.8 Å². The molecule has 3 rings (SSSR count). The van der Waals surface area contributed by atoms with E-state index in [1.165, 1.54) is 6.07 Å². The van der Waals surface area contributed by atoms with E-state index in [1.807, 2.05) is 15.9 Å². The van der Waals surface area contributed by atoms with Crippen molar-refractivity contribution < 1.29 is 9.18 Å². The Morgan fingerprint density at radius 2 is 1.95 bits per heavy atom. The fourth-order valence-electron chi connectivity index (χ4n) is 2.85. The molecular weight excluding hydrogens is 275 g/mol. The van der Waals surface area contributed by atoms with Gasteiger partial charge in [-0.15, -0.1) is 11.8 Å². The van der Waals surface area contributed by atoms with Gasteiger partial charge in [-0.3, -0.25) is 4.79 Å². The molecule has 0 spiro atoms. The number of anilines is 1. The number of hydrogen-bond acceptors (Lipinski definition) is 3. The first-order valence-corrected chi connectivity index (χ1v) is 8.20. The van der Waals surface area contributed by atoms with Crippen LogP contribution in [-0.2, 0) is 4.79 Å². The van der Waals surface area contributed by atoms with Crippen LogP contribution in [0.5, 0.6) is 0 Å². The Kier molecular flexibility index (Phi) is 4.15. The summed E-state index contributed by atoms with van der Waals surface area (Å²) in [5.74, 6) is 1.20. The lowest BCUT2D eigenvalue weighted by molar-refractivity contribution is -0.130. The molecular formula is C15H19FN2OS. The minimum absolute atomic E-state index is 0.162. The molecule has 0 aromatic heterocycles. The Labute approximate surface area is 123 Å². The molecule has 2 fully saturated rings. The highest BCUT2D eigenvalue weighted by atomic mass is 32.2. The van der Waals surface area contributed by atoms with E-state index in [0.717, 1.165) is 18.6 Å². The van der Waals surface area contributed by atoms with E-state index in [1.54, 1.807) is 23.9 Å². The number of piperazine rings is 1. The Hall–Kier alpha value is -1.23. The fourth-order valence-corrected chi connectivity index (χ4v) is 4.09. The van der Waals surface area contributed by atoms with Gasteiger partial charge in [0.1, 0.15) is 5.82 Å². The highest BCUT2D eigenvalue weighted by Crippen LogP contribution is 2.28. The zero-order valence-electron chi connectivity index (χ0n) is 11.4. The zero-order chi connectivity index (χ0) is 13.9. The SMILES string of the molecule is O=C(C1CCCS1)N1CCN(c2ccccc2F)CC1. The molecule has 1 aromatic rings. The molecule has 2 aliphatic heterocycles. The van der Waals surface area contributed by atoms with Crippen LogP contribution in [0.4, 0.5) is 10.1 Å². The van der Waals surface area contributed by atoms with Crippen molar-refractivity contribution in [1.29, 1.82) is 0 Å². The van der Waals surface area contributed by atoms with Gasteiger partial charge in [0.15, 0.2) is 0 Å². The fraction of sp³-hybridized carbons (Fsp3) is 0.533. The van der Waals surface area contributed by atoms with E-state index in [2.05, 4.69) is 0 Å². The second-order valence-corrected chi connectivity index (χ2v) is 6.58. The van der Waals surface area contributed by atoms with Crippen molar-refractivity contribution in [3.63, 3.8) is 0 Å². The molecule has 0 bridgehead atoms. The van der Waals surface area contributed by atoms with Gasteiger partial charge in [0.2, 0.25) is 5.91 Å². The first-order chi connectivity index (χ1) is 9.75. The number of carbonyl (C=O) groups is 1. The largest absolute Gasteiger partial charge is 0.366 e. The highest BCUT2D eigenvalue weighted by Gasteiger charge is 2.30. The lowest BCUT2D eigenvalue weighted by Gasteiger charge is -2.37. The van der Waals surface area contributed by atoms with Crippen molar-refractivity contribution in [2.75, 3.05) is 36.8 Å². The highest BCUT2D eigenvalue weighted by molar-refractivity contribution is 8.00. The van der Waals surface area contributed by atoms with Crippen molar-refractivity contribution in [1.82, 2.24) is 4.90 Å². The number of nitrogens with zero attached hydrogens (tertiary/aromatic N) is 2. The molecule has 20 heavy (non-hydrogen) atoms. The standard InChI is InChI=1S/C15H19FN2OS/c16-12-4-1-2-5-13(12)17-7-9-18(10-8-17)15(19)14-6-3-11-20-14/h1-2,4-5,14H,3,6-11H2. The number of amides is 1. The summed E-state index contributed by atoms with van der Waals surface area (Å²) in [6.45, 7) is 2.82. The summed E-state index contributed by atoms with van der Waals surface area (Å²) in [6, 6.07) is 6.85. The molecule has 3 nitrogen and oxygen atoms in total. The maximum Gasteiger partial charge on any atom is 0.235 e. The minimum Gasteiger partial charge on any atom is -0.366 e. The molecule has 0 saturated carbocycles. The third kappa shape index (κ3) is 2.77. The van der Waals surface area contributed by atoms with E-state index >= 15 is 0 Å². The van der Waals surface area contributed by atoms with Gasteiger partial charge < -0.3 is 9.80 Å². The molecule has 108 valence electrons. The molecule has 1 unspecified atom stereocenters. The van der Waals surface area contributed by atoms with Crippen molar-refractivity contribution in [3.05, 3.63) is 30.1 Å². The van der Waals surface area contributed by atoms with Gasteiger partial charge in [0.25, 0.3) is 0 Å². The van der Waals surface area contributed by atoms with Crippen LogP contribution in [-0.4, -0.2) is 48.0 Å². The number of benzene rings is 1. The topological polar surface area (TPSA) is 23.6 Å². The van der Waals surface area contributed by atoms with E-state index in [4.69, 9.17) is 0 Å². The van der Waals surface area contributed by atoms with E-state index < -0.39 is 0 Å². The van der Waals surface area contributed by atoms with Gasteiger partial charge in [-0.05, 0) is 30.7 Å². The summed E-state index contributed by atoms with van der Waals surface area (Å²) in [5.41, 5.74) is 0.648. The van der Waals surface area contributed by atoms with Gasteiger partial charge in [0, 0.05) is 26.2 Å². The van der Waals surface area contributed by atoms with Crippen molar-refractivity contribution in [2.45, 2.75) is 18.1 Å². The molecule has 0 radical (unpaired) electrons. The van der Waals surface area contributed by atoms with Gasteiger partial charge >= 0.3 is 0 Å².